The van der Waals surface area contributed by atoms with Gasteiger partial charge in [0.2, 0.25) is 0 Å². The van der Waals surface area contributed by atoms with Crippen LogP contribution < -0.4 is 5.32 Å². The van der Waals surface area contributed by atoms with Crippen molar-refractivity contribution in [3.63, 3.8) is 0 Å². The Kier molecular flexibility index (Phi) is 4.03. The van der Waals surface area contributed by atoms with E-state index in [1.54, 1.807) is 6.08 Å². The molecule has 1 aliphatic heterocycles. The molecule has 0 spiro atoms. The number of esters is 1. The van der Waals surface area contributed by atoms with Gasteiger partial charge < -0.3 is 10.1 Å². The van der Waals surface area contributed by atoms with Crippen LogP contribution in [-0.4, -0.2) is 18.1 Å². The fourth-order valence-electron chi connectivity index (χ4n) is 4.64. The van der Waals surface area contributed by atoms with Crippen molar-refractivity contribution < 1.29 is 9.53 Å². The van der Waals surface area contributed by atoms with Crippen molar-refractivity contribution in [2.24, 2.45) is 0 Å². The number of ether oxygens (including phenoxy) is 1. The van der Waals surface area contributed by atoms with Crippen LogP contribution in [0.15, 0.2) is 42.5 Å². The van der Waals surface area contributed by atoms with Crippen molar-refractivity contribution in [1.82, 2.24) is 5.32 Å². The molecule has 25 heavy (non-hydrogen) atoms. The van der Waals surface area contributed by atoms with E-state index >= 15 is 0 Å². The number of benzene rings is 2. The van der Waals surface area contributed by atoms with Crippen molar-refractivity contribution in [2.45, 2.75) is 51.0 Å². The third-order valence-corrected chi connectivity index (χ3v) is 5.79. The average Bonchev–Trinajstić information content (AvgIpc) is 2.61. The molecule has 3 heteroatoms. The molecule has 0 saturated heterocycles. The van der Waals surface area contributed by atoms with Crippen molar-refractivity contribution >= 4 is 22.4 Å². The number of hydrogen-bond acceptors (Lipinski definition) is 3. The van der Waals surface area contributed by atoms with E-state index in [0.717, 1.165) is 17.7 Å². The van der Waals surface area contributed by atoms with Crippen LogP contribution >= 0.6 is 0 Å². The molecule has 0 amide bonds. The Hall–Kier alpha value is -2.29. The molecule has 1 N–H and O–H groups in total. The number of nitrogens with one attached hydrogen (secondary N) is 1. The molecule has 0 unspecified atom stereocenters. The second kappa shape index (κ2) is 6.21. The Morgan fingerprint density at radius 3 is 2.96 bits per heavy atom. The molecule has 4 rings (SSSR count). The highest BCUT2D eigenvalue weighted by Gasteiger charge is 2.43. The van der Waals surface area contributed by atoms with Crippen molar-refractivity contribution in [2.75, 3.05) is 6.61 Å². The quantitative estimate of drug-likeness (QED) is 0.635. The second-order valence-corrected chi connectivity index (χ2v) is 7.40. The molecule has 2 aliphatic rings. The van der Waals surface area contributed by atoms with Crippen molar-refractivity contribution in [3.8, 4) is 0 Å². The van der Waals surface area contributed by atoms with Gasteiger partial charge in [-0.25, -0.2) is 4.79 Å². The third kappa shape index (κ3) is 2.72. The molecule has 3 nitrogen and oxygen atoms in total. The van der Waals surface area contributed by atoms with Gasteiger partial charge in [-0.05, 0) is 43.0 Å². The van der Waals surface area contributed by atoms with E-state index in [0.29, 0.717) is 12.5 Å². The van der Waals surface area contributed by atoms with Crippen molar-refractivity contribution in [3.05, 3.63) is 53.6 Å². The zero-order valence-corrected chi connectivity index (χ0v) is 15.0. The second-order valence-electron chi connectivity index (χ2n) is 7.40. The number of fused-ring (bicyclic) bond motifs is 5. The van der Waals surface area contributed by atoms with Crippen LogP contribution in [0.4, 0.5) is 0 Å². The Labute approximate surface area is 149 Å². The molecule has 2 aromatic carbocycles. The summed E-state index contributed by atoms with van der Waals surface area (Å²) in [5.74, 6) is 0.198. The highest BCUT2D eigenvalue weighted by atomic mass is 16.5. The van der Waals surface area contributed by atoms with Gasteiger partial charge in [0.15, 0.2) is 0 Å². The van der Waals surface area contributed by atoms with E-state index in [2.05, 4.69) is 48.6 Å². The Morgan fingerprint density at radius 1 is 1.28 bits per heavy atom. The maximum absolute atomic E-state index is 12.1. The SMILES string of the molecule is CCOC(=O)/C=C1\N[C@]2(C)CCCC[C@@H]2c2c1ccc1ccccc21. The summed E-state index contributed by atoms with van der Waals surface area (Å²) >= 11 is 0. The first kappa shape index (κ1) is 16.2. The largest absolute Gasteiger partial charge is 0.463 e. The summed E-state index contributed by atoms with van der Waals surface area (Å²) in [5, 5.41) is 6.29. The minimum atomic E-state index is -0.276. The summed E-state index contributed by atoms with van der Waals surface area (Å²) < 4.78 is 5.16. The van der Waals surface area contributed by atoms with Crippen LogP contribution in [0.5, 0.6) is 0 Å². The number of hydrogen-bond donors (Lipinski definition) is 1. The maximum atomic E-state index is 12.1. The average molecular weight is 335 g/mol. The van der Waals surface area contributed by atoms with Crippen LogP contribution in [0.25, 0.3) is 16.5 Å². The molecule has 2 atom stereocenters. The van der Waals surface area contributed by atoms with Gasteiger partial charge in [0.1, 0.15) is 0 Å². The Morgan fingerprint density at radius 2 is 2.12 bits per heavy atom. The molecule has 0 bridgehead atoms. The van der Waals surface area contributed by atoms with Gasteiger partial charge in [-0.2, -0.15) is 0 Å². The molecule has 1 fully saturated rings. The lowest BCUT2D eigenvalue weighted by Gasteiger charge is -2.48. The zero-order chi connectivity index (χ0) is 17.4. The molecular weight excluding hydrogens is 310 g/mol. The van der Waals surface area contributed by atoms with Crippen LogP contribution in [0, 0.1) is 0 Å². The highest BCUT2D eigenvalue weighted by molar-refractivity contribution is 5.97. The lowest BCUT2D eigenvalue weighted by atomic mass is 9.66. The monoisotopic (exact) mass is 335 g/mol. The lowest BCUT2D eigenvalue weighted by Crippen LogP contribution is -2.51. The highest BCUT2D eigenvalue weighted by Crippen LogP contribution is 2.49. The minimum absolute atomic E-state index is 0.00625. The summed E-state index contributed by atoms with van der Waals surface area (Å²) in [6.45, 7) is 4.54. The van der Waals surface area contributed by atoms with E-state index in [1.165, 1.54) is 35.6 Å². The smallest absolute Gasteiger partial charge is 0.332 e. The molecule has 2 aromatic rings. The van der Waals surface area contributed by atoms with Crippen LogP contribution in [0.1, 0.15) is 56.6 Å². The van der Waals surface area contributed by atoms with E-state index in [-0.39, 0.29) is 11.5 Å². The van der Waals surface area contributed by atoms with E-state index in [9.17, 15) is 4.79 Å². The zero-order valence-electron chi connectivity index (χ0n) is 15.0. The van der Waals surface area contributed by atoms with Crippen LogP contribution in [0.2, 0.25) is 0 Å². The van der Waals surface area contributed by atoms with E-state index in [4.69, 9.17) is 4.74 Å². The van der Waals surface area contributed by atoms with Gasteiger partial charge in [0.05, 0.1) is 6.61 Å². The van der Waals surface area contributed by atoms with Gasteiger partial charge in [-0.15, -0.1) is 0 Å². The van der Waals surface area contributed by atoms with Crippen molar-refractivity contribution in [1.29, 1.82) is 0 Å². The standard InChI is InChI=1S/C22H25NO2/c1-3-25-20(24)14-19-17-12-11-15-8-4-5-9-16(15)21(17)18-10-6-7-13-22(18,2)23-19/h4-5,8-9,11-12,14,18,23H,3,6-7,10,13H2,1-2H3/b19-14-/t18-,22-/m1/s1. The first-order chi connectivity index (χ1) is 12.1. The van der Waals surface area contributed by atoms with Gasteiger partial charge in [0.25, 0.3) is 0 Å². The number of rotatable bonds is 2. The van der Waals surface area contributed by atoms with E-state index in [1.807, 2.05) is 6.92 Å². The lowest BCUT2D eigenvalue weighted by molar-refractivity contribution is -0.137. The fourth-order valence-corrected chi connectivity index (χ4v) is 4.64. The van der Waals surface area contributed by atoms with Gasteiger partial charge in [-0.3, -0.25) is 0 Å². The summed E-state index contributed by atoms with van der Waals surface area (Å²) in [7, 11) is 0. The molecule has 1 saturated carbocycles. The summed E-state index contributed by atoms with van der Waals surface area (Å²) in [4.78, 5) is 12.1. The molecule has 0 aromatic heterocycles. The summed E-state index contributed by atoms with van der Waals surface area (Å²) in [6.07, 6.45) is 6.44. The predicted molar refractivity (Wildman–Crippen MR) is 101 cm³/mol. The molecular formula is C22H25NO2. The number of carbonyl (C=O) groups is 1. The molecule has 130 valence electrons. The molecule has 1 heterocycles. The first-order valence-corrected chi connectivity index (χ1v) is 9.31. The molecule has 1 aliphatic carbocycles. The summed E-state index contributed by atoms with van der Waals surface area (Å²) in [5.41, 5.74) is 3.44. The molecule has 0 radical (unpaired) electrons. The topological polar surface area (TPSA) is 38.3 Å². The third-order valence-electron chi connectivity index (χ3n) is 5.79. The van der Waals surface area contributed by atoms with Gasteiger partial charge >= 0.3 is 5.97 Å². The summed E-state index contributed by atoms with van der Waals surface area (Å²) in [6, 6.07) is 12.9. The Balaban J connectivity index is 1.94. The fraction of sp³-hybridized carbons (Fsp3) is 0.409. The van der Waals surface area contributed by atoms with E-state index < -0.39 is 0 Å². The van der Waals surface area contributed by atoms with Crippen LogP contribution in [-0.2, 0) is 9.53 Å². The minimum Gasteiger partial charge on any atom is -0.463 e. The first-order valence-electron chi connectivity index (χ1n) is 9.31. The maximum Gasteiger partial charge on any atom is 0.332 e. The number of carbonyl (C=O) groups excluding carboxylic acids is 1. The predicted octanol–water partition coefficient (Wildman–Crippen LogP) is 4.76. The normalized spacial score (nSPS) is 26.6. The van der Waals surface area contributed by atoms with Crippen LogP contribution in [0.3, 0.4) is 0 Å². The van der Waals surface area contributed by atoms with Gasteiger partial charge in [0, 0.05) is 28.8 Å². The Bertz CT molecular complexity index is 854. The van der Waals surface area contributed by atoms with Gasteiger partial charge in [-0.1, -0.05) is 49.2 Å².